The van der Waals surface area contributed by atoms with E-state index >= 15 is 0 Å². The van der Waals surface area contributed by atoms with Gasteiger partial charge < -0.3 is 4.74 Å². The highest BCUT2D eigenvalue weighted by atomic mass is 16.5. The van der Waals surface area contributed by atoms with Crippen molar-refractivity contribution in [3.8, 4) is 0 Å². The van der Waals surface area contributed by atoms with Gasteiger partial charge >= 0.3 is 0 Å². The number of Topliss-reactive ketones (excluding diaryl/α,β-unsaturated/α-hetero) is 1. The summed E-state index contributed by atoms with van der Waals surface area (Å²) >= 11 is 0. The van der Waals surface area contributed by atoms with Crippen LogP contribution in [0.25, 0.3) is 10.9 Å². The molecule has 0 bridgehead atoms. The second-order valence-corrected chi connectivity index (χ2v) is 4.25. The number of methoxy groups -OCH3 is 1. The second kappa shape index (κ2) is 5.78. The highest BCUT2D eigenvalue weighted by Gasteiger charge is 2.10. The first-order chi connectivity index (χ1) is 8.76. The molecule has 0 saturated carbocycles. The lowest BCUT2D eigenvalue weighted by Gasteiger charge is -1.98. The molecule has 2 rings (SSSR count). The van der Waals surface area contributed by atoms with Crippen LogP contribution in [0.2, 0.25) is 0 Å². The third kappa shape index (κ3) is 2.59. The zero-order valence-corrected chi connectivity index (χ0v) is 10.8. The summed E-state index contributed by atoms with van der Waals surface area (Å²) in [5.74, 6) is 0.118. The summed E-state index contributed by atoms with van der Waals surface area (Å²) in [5, 5.41) is 5.71. The van der Waals surface area contributed by atoms with Crippen LogP contribution in [0.3, 0.4) is 0 Å². The molecule has 0 aliphatic rings. The van der Waals surface area contributed by atoms with E-state index in [9.17, 15) is 4.79 Å². The maximum Gasteiger partial charge on any atom is 0.158 e. The van der Waals surface area contributed by atoms with Gasteiger partial charge in [-0.2, -0.15) is 5.10 Å². The van der Waals surface area contributed by atoms with Crippen LogP contribution in [0, 0.1) is 0 Å². The quantitative estimate of drug-likeness (QED) is 0.785. The predicted molar refractivity (Wildman–Crippen MR) is 70.6 cm³/mol. The largest absolute Gasteiger partial charge is 0.377 e. The average Bonchev–Trinajstić information content (AvgIpc) is 2.75. The van der Waals surface area contributed by atoms with E-state index in [0.29, 0.717) is 12.8 Å². The summed E-state index contributed by atoms with van der Waals surface area (Å²) in [4.78, 5) is 11.5. The van der Waals surface area contributed by atoms with Crippen molar-refractivity contribution in [2.24, 2.45) is 0 Å². The zero-order chi connectivity index (χ0) is 13.0. The number of carbonyl (C=O) groups excluding carboxylic acids is 1. The molecule has 0 atom stereocenters. The number of para-hydroxylation sites is 1. The number of hydrogen-bond acceptors (Lipinski definition) is 3. The molecular formula is C14H18N2O2. The summed E-state index contributed by atoms with van der Waals surface area (Å²) in [6.45, 7) is 3.10. The second-order valence-electron chi connectivity index (χ2n) is 4.25. The summed E-state index contributed by atoms with van der Waals surface area (Å²) in [5.41, 5.74) is 2.13. The Bertz CT molecular complexity index is 546. The lowest BCUT2D eigenvalue weighted by molar-refractivity contribution is -0.122. The minimum Gasteiger partial charge on any atom is -0.377 e. The van der Waals surface area contributed by atoms with Crippen molar-refractivity contribution >= 4 is 16.7 Å². The van der Waals surface area contributed by atoms with Gasteiger partial charge in [-0.15, -0.1) is 0 Å². The first kappa shape index (κ1) is 12.8. The number of aromatic nitrogens is 2. The van der Waals surface area contributed by atoms with Gasteiger partial charge in [-0.1, -0.05) is 18.2 Å². The Balaban J connectivity index is 2.20. The van der Waals surface area contributed by atoms with Crippen LogP contribution in [-0.4, -0.2) is 29.3 Å². The summed E-state index contributed by atoms with van der Waals surface area (Å²) in [6.07, 6.45) is 1.16. The van der Waals surface area contributed by atoms with E-state index in [0.717, 1.165) is 23.1 Å². The number of aryl methyl sites for hydroxylation is 2. The highest BCUT2D eigenvalue weighted by Crippen LogP contribution is 2.19. The van der Waals surface area contributed by atoms with Gasteiger partial charge in [-0.3, -0.25) is 9.48 Å². The number of fused-ring (bicyclic) bond motifs is 1. The van der Waals surface area contributed by atoms with E-state index in [-0.39, 0.29) is 12.4 Å². The van der Waals surface area contributed by atoms with Crippen molar-refractivity contribution in [2.75, 3.05) is 13.7 Å². The van der Waals surface area contributed by atoms with E-state index in [2.05, 4.69) is 24.2 Å². The molecule has 0 aliphatic carbocycles. The minimum absolute atomic E-state index is 0.118. The number of rotatable bonds is 6. The molecule has 2 aromatic rings. The number of nitrogens with zero attached hydrogens (tertiary/aromatic N) is 2. The molecule has 0 amide bonds. The monoisotopic (exact) mass is 246 g/mol. The van der Waals surface area contributed by atoms with Crippen LogP contribution in [0.1, 0.15) is 19.0 Å². The van der Waals surface area contributed by atoms with E-state index < -0.39 is 0 Å². The van der Waals surface area contributed by atoms with Crippen molar-refractivity contribution in [3.05, 3.63) is 30.0 Å². The average molecular weight is 246 g/mol. The maximum atomic E-state index is 11.5. The zero-order valence-electron chi connectivity index (χ0n) is 10.8. The topological polar surface area (TPSA) is 44.1 Å². The molecule has 0 N–H and O–H groups in total. The Kier molecular flexibility index (Phi) is 4.10. The number of benzene rings is 1. The standard InChI is InChI=1S/C14H18N2O2/c1-3-16-14-7-5-4-6-12(14)13(15-16)9-8-11(17)10-18-2/h4-7H,3,8-10H2,1-2H3. The Hall–Kier alpha value is -1.68. The molecule has 4 heteroatoms. The normalized spacial score (nSPS) is 11.0. The van der Waals surface area contributed by atoms with E-state index in [1.54, 1.807) is 7.11 Å². The van der Waals surface area contributed by atoms with Crippen molar-refractivity contribution < 1.29 is 9.53 Å². The van der Waals surface area contributed by atoms with Gasteiger partial charge in [0.05, 0.1) is 11.2 Å². The molecule has 0 fully saturated rings. The number of ketones is 1. The predicted octanol–water partition coefficient (Wildman–Crippen LogP) is 2.20. The maximum absolute atomic E-state index is 11.5. The Labute approximate surface area is 107 Å². The summed E-state index contributed by atoms with van der Waals surface area (Å²) in [7, 11) is 1.54. The van der Waals surface area contributed by atoms with Crippen LogP contribution in [-0.2, 0) is 22.5 Å². The molecular weight excluding hydrogens is 228 g/mol. The molecule has 1 heterocycles. The molecule has 1 aromatic carbocycles. The molecule has 18 heavy (non-hydrogen) atoms. The number of ether oxygens (including phenoxy) is 1. The van der Waals surface area contributed by atoms with Crippen LogP contribution < -0.4 is 0 Å². The SMILES string of the molecule is CCn1nc(CCC(=O)COC)c2ccccc21. The third-order valence-electron chi connectivity index (χ3n) is 2.98. The molecule has 1 aromatic heterocycles. The summed E-state index contributed by atoms with van der Waals surface area (Å²) in [6, 6.07) is 8.14. The van der Waals surface area contributed by atoms with Crippen LogP contribution in [0.4, 0.5) is 0 Å². The smallest absolute Gasteiger partial charge is 0.158 e. The third-order valence-corrected chi connectivity index (χ3v) is 2.98. The molecule has 96 valence electrons. The van der Waals surface area contributed by atoms with E-state index in [1.165, 1.54) is 0 Å². The first-order valence-corrected chi connectivity index (χ1v) is 6.21. The van der Waals surface area contributed by atoms with Crippen molar-refractivity contribution in [1.29, 1.82) is 0 Å². The Morgan fingerprint density at radius 1 is 1.39 bits per heavy atom. The number of hydrogen-bond donors (Lipinski definition) is 0. The fourth-order valence-electron chi connectivity index (χ4n) is 2.11. The van der Waals surface area contributed by atoms with Gasteiger partial charge in [0.2, 0.25) is 0 Å². The first-order valence-electron chi connectivity index (χ1n) is 6.21. The van der Waals surface area contributed by atoms with Crippen molar-refractivity contribution in [2.45, 2.75) is 26.3 Å². The van der Waals surface area contributed by atoms with Crippen LogP contribution in [0.15, 0.2) is 24.3 Å². The van der Waals surface area contributed by atoms with Crippen LogP contribution >= 0.6 is 0 Å². The number of carbonyl (C=O) groups is 1. The molecule has 0 radical (unpaired) electrons. The van der Waals surface area contributed by atoms with Crippen molar-refractivity contribution in [1.82, 2.24) is 9.78 Å². The van der Waals surface area contributed by atoms with E-state index in [1.807, 2.05) is 16.8 Å². The van der Waals surface area contributed by atoms with Gasteiger partial charge in [-0.25, -0.2) is 0 Å². The molecule has 0 unspecified atom stereocenters. The summed E-state index contributed by atoms with van der Waals surface area (Å²) < 4.78 is 6.81. The van der Waals surface area contributed by atoms with Gasteiger partial charge in [0.25, 0.3) is 0 Å². The lowest BCUT2D eigenvalue weighted by Crippen LogP contribution is -2.08. The Morgan fingerprint density at radius 2 is 2.17 bits per heavy atom. The van der Waals surface area contributed by atoms with Gasteiger partial charge in [0.1, 0.15) is 6.61 Å². The van der Waals surface area contributed by atoms with Crippen molar-refractivity contribution in [3.63, 3.8) is 0 Å². The lowest BCUT2D eigenvalue weighted by atomic mass is 10.1. The van der Waals surface area contributed by atoms with Gasteiger partial charge in [0, 0.05) is 25.5 Å². The Morgan fingerprint density at radius 3 is 2.89 bits per heavy atom. The fraction of sp³-hybridized carbons (Fsp3) is 0.429. The molecule has 4 nitrogen and oxygen atoms in total. The molecule has 0 spiro atoms. The molecule has 0 saturated heterocycles. The minimum atomic E-state index is 0.118. The van der Waals surface area contributed by atoms with E-state index in [4.69, 9.17) is 4.74 Å². The van der Waals surface area contributed by atoms with Gasteiger partial charge in [-0.05, 0) is 19.4 Å². The molecule has 0 aliphatic heterocycles. The highest BCUT2D eigenvalue weighted by molar-refractivity contribution is 5.84. The van der Waals surface area contributed by atoms with Crippen LogP contribution in [0.5, 0.6) is 0 Å². The fourth-order valence-corrected chi connectivity index (χ4v) is 2.11. The van der Waals surface area contributed by atoms with Gasteiger partial charge in [0.15, 0.2) is 5.78 Å².